The summed E-state index contributed by atoms with van der Waals surface area (Å²) in [7, 11) is 1.93. The van der Waals surface area contributed by atoms with E-state index >= 15 is 0 Å². The monoisotopic (exact) mass is 390 g/mol. The molecule has 0 aliphatic carbocycles. The number of nitrogens with one attached hydrogen (secondary N) is 1. The van der Waals surface area contributed by atoms with Gasteiger partial charge in [0.1, 0.15) is 11.3 Å². The highest BCUT2D eigenvalue weighted by Crippen LogP contribution is 2.38. The number of imidazole rings is 1. The topological polar surface area (TPSA) is 52.2 Å². The van der Waals surface area contributed by atoms with Crippen molar-refractivity contribution >= 4 is 16.9 Å². The van der Waals surface area contributed by atoms with E-state index in [1.807, 2.05) is 7.05 Å². The van der Waals surface area contributed by atoms with E-state index in [1.54, 1.807) is 4.90 Å². The number of fused-ring (bicyclic) bond motifs is 1. The van der Waals surface area contributed by atoms with Gasteiger partial charge in [0.25, 0.3) is 5.92 Å². The summed E-state index contributed by atoms with van der Waals surface area (Å²) < 4.78 is 67.1. The van der Waals surface area contributed by atoms with E-state index in [2.05, 4.69) is 14.9 Å². The van der Waals surface area contributed by atoms with E-state index in [9.17, 15) is 26.7 Å². The summed E-state index contributed by atoms with van der Waals surface area (Å²) in [6.07, 6.45) is -5.05. The summed E-state index contributed by atoms with van der Waals surface area (Å²) in [5.41, 5.74) is -2.63. The smallest absolute Gasteiger partial charge is 0.342 e. The highest BCUT2D eigenvalue weighted by molar-refractivity contribution is 5.83. The third-order valence-corrected chi connectivity index (χ3v) is 4.62. The van der Waals surface area contributed by atoms with Gasteiger partial charge in [-0.15, -0.1) is 0 Å². The lowest BCUT2D eigenvalue weighted by atomic mass is 10.0. The summed E-state index contributed by atoms with van der Waals surface area (Å²) in [5, 5.41) is 0. The number of aromatic nitrogens is 2. The first kappa shape index (κ1) is 19.5. The largest absolute Gasteiger partial charge is 0.418 e. The third kappa shape index (κ3) is 4.20. The molecule has 2 heterocycles. The van der Waals surface area contributed by atoms with Crippen molar-refractivity contribution in [3.8, 4) is 0 Å². The van der Waals surface area contributed by atoms with Crippen molar-refractivity contribution in [1.29, 1.82) is 0 Å². The molecule has 1 saturated heterocycles. The van der Waals surface area contributed by atoms with Gasteiger partial charge in [-0.3, -0.25) is 4.79 Å². The van der Waals surface area contributed by atoms with Crippen LogP contribution in [0.2, 0.25) is 0 Å². The lowest BCUT2D eigenvalue weighted by molar-refractivity contribution is -0.136. The zero-order chi connectivity index (χ0) is 20.0. The van der Waals surface area contributed by atoms with Gasteiger partial charge in [0.05, 0.1) is 17.5 Å². The van der Waals surface area contributed by atoms with Gasteiger partial charge in [-0.05, 0) is 19.2 Å². The quantitative estimate of drug-likeness (QED) is 0.820. The number of aromatic amines is 1. The molecular formula is C17H19F5N4O. The lowest BCUT2D eigenvalue weighted by Gasteiger charge is -2.32. The van der Waals surface area contributed by atoms with Crippen molar-refractivity contribution in [2.24, 2.45) is 0 Å². The number of carbonyl (C=O) groups excluding carboxylic acids is 1. The second-order valence-electron chi connectivity index (χ2n) is 6.85. The molecule has 0 atom stereocenters. The van der Waals surface area contributed by atoms with Crippen molar-refractivity contribution in [3.05, 3.63) is 29.1 Å². The van der Waals surface area contributed by atoms with Crippen LogP contribution in [0.15, 0.2) is 12.1 Å². The predicted octanol–water partition coefficient (Wildman–Crippen LogP) is 3.01. The zero-order valence-corrected chi connectivity index (χ0v) is 14.8. The first-order valence-corrected chi connectivity index (χ1v) is 8.39. The number of carbonyl (C=O) groups is 1. The van der Waals surface area contributed by atoms with E-state index in [0.717, 1.165) is 6.07 Å². The maximum absolute atomic E-state index is 13.6. The molecule has 0 saturated carbocycles. The number of likely N-dealkylation sites (N-methyl/N-ethyl adjacent to an activating group) is 1. The van der Waals surface area contributed by atoms with Crippen LogP contribution < -0.4 is 0 Å². The average molecular weight is 390 g/mol. The minimum Gasteiger partial charge on any atom is -0.342 e. The molecule has 5 nitrogen and oxygen atoms in total. The van der Waals surface area contributed by atoms with Crippen molar-refractivity contribution in [2.75, 3.05) is 33.2 Å². The Balaban J connectivity index is 1.93. The van der Waals surface area contributed by atoms with Gasteiger partial charge in [0.2, 0.25) is 5.91 Å². The molecular weight excluding hydrogens is 371 g/mol. The fourth-order valence-electron chi connectivity index (χ4n) is 3.03. The summed E-state index contributed by atoms with van der Waals surface area (Å²) in [6.45, 7) is 2.99. The predicted molar refractivity (Wildman–Crippen MR) is 88.4 cm³/mol. The molecule has 27 heavy (non-hydrogen) atoms. The molecule has 10 heteroatoms. The van der Waals surface area contributed by atoms with Crippen molar-refractivity contribution < 1.29 is 26.7 Å². The van der Waals surface area contributed by atoms with Gasteiger partial charge >= 0.3 is 6.18 Å². The minimum atomic E-state index is -4.84. The van der Waals surface area contributed by atoms with Gasteiger partial charge in [0.15, 0.2) is 0 Å². The Morgan fingerprint density at radius 2 is 1.78 bits per heavy atom. The number of alkyl halides is 5. The van der Waals surface area contributed by atoms with Crippen LogP contribution in [0.25, 0.3) is 11.0 Å². The normalized spacial score (nSPS) is 16.9. The van der Waals surface area contributed by atoms with E-state index in [1.165, 1.54) is 0 Å². The van der Waals surface area contributed by atoms with E-state index in [-0.39, 0.29) is 23.7 Å². The molecule has 0 unspecified atom stereocenters. The second kappa shape index (κ2) is 6.74. The summed E-state index contributed by atoms with van der Waals surface area (Å²) in [5.74, 6) is -3.68. The maximum atomic E-state index is 13.6. The van der Waals surface area contributed by atoms with Crippen LogP contribution in [-0.2, 0) is 23.3 Å². The van der Waals surface area contributed by atoms with Crippen LogP contribution in [0.1, 0.15) is 23.9 Å². The molecule has 3 rings (SSSR count). The summed E-state index contributed by atoms with van der Waals surface area (Å²) in [4.78, 5) is 22.5. The van der Waals surface area contributed by atoms with Crippen LogP contribution in [-0.4, -0.2) is 58.9 Å². The molecule has 1 aliphatic rings. The highest BCUT2D eigenvalue weighted by atomic mass is 19.4. The zero-order valence-electron chi connectivity index (χ0n) is 14.8. The van der Waals surface area contributed by atoms with Gasteiger partial charge in [-0.2, -0.15) is 13.2 Å². The van der Waals surface area contributed by atoms with Crippen LogP contribution in [0, 0.1) is 0 Å². The molecule has 1 N–H and O–H groups in total. The van der Waals surface area contributed by atoms with E-state index < -0.39 is 28.7 Å². The Hall–Kier alpha value is -2.23. The first-order valence-electron chi connectivity index (χ1n) is 8.39. The SMILES string of the molecule is CN1CCN(C(=O)Cc2nc3c(C(F)(F)F)cc(C(C)(F)F)cc3[nH]2)CC1. The van der Waals surface area contributed by atoms with E-state index in [0.29, 0.717) is 39.2 Å². The van der Waals surface area contributed by atoms with Crippen LogP contribution in [0.4, 0.5) is 22.0 Å². The van der Waals surface area contributed by atoms with Gasteiger partial charge in [-0.25, -0.2) is 13.8 Å². The fourth-order valence-corrected chi connectivity index (χ4v) is 3.03. The molecule has 1 aliphatic heterocycles. The number of piperazine rings is 1. The van der Waals surface area contributed by atoms with Crippen LogP contribution in [0.5, 0.6) is 0 Å². The Kier molecular flexibility index (Phi) is 4.87. The molecule has 1 amide bonds. The molecule has 148 valence electrons. The van der Waals surface area contributed by atoms with Crippen molar-refractivity contribution in [3.63, 3.8) is 0 Å². The van der Waals surface area contributed by atoms with E-state index in [4.69, 9.17) is 0 Å². The van der Waals surface area contributed by atoms with Crippen molar-refractivity contribution in [1.82, 2.24) is 19.8 Å². The Bertz CT molecular complexity index is 847. The van der Waals surface area contributed by atoms with Crippen molar-refractivity contribution in [2.45, 2.75) is 25.4 Å². The number of hydrogen-bond acceptors (Lipinski definition) is 3. The van der Waals surface area contributed by atoms with Gasteiger partial charge < -0.3 is 14.8 Å². The number of rotatable bonds is 3. The Labute approximate surface area is 152 Å². The molecule has 1 aromatic heterocycles. The molecule has 1 aromatic carbocycles. The number of halogens is 5. The molecule has 2 aromatic rings. The average Bonchev–Trinajstić information content (AvgIpc) is 2.94. The third-order valence-electron chi connectivity index (χ3n) is 4.62. The lowest BCUT2D eigenvalue weighted by Crippen LogP contribution is -2.47. The number of hydrogen-bond donors (Lipinski definition) is 1. The Morgan fingerprint density at radius 1 is 1.15 bits per heavy atom. The minimum absolute atomic E-state index is 0.0241. The second-order valence-corrected chi connectivity index (χ2v) is 6.85. The Morgan fingerprint density at radius 3 is 2.33 bits per heavy atom. The van der Waals surface area contributed by atoms with Gasteiger partial charge in [0, 0.05) is 38.7 Å². The summed E-state index contributed by atoms with van der Waals surface area (Å²) in [6, 6.07) is 1.36. The maximum Gasteiger partial charge on any atom is 0.418 e. The highest BCUT2D eigenvalue weighted by Gasteiger charge is 2.37. The first-order chi connectivity index (χ1) is 12.4. The number of benzene rings is 1. The standard InChI is InChI=1S/C17H19F5N4O/c1-16(18,19)10-7-11(17(20,21)22)15-12(8-10)23-13(24-15)9-14(27)26-5-3-25(2)4-6-26/h7-8H,3-6,9H2,1-2H3,(H,23,24). The molecule has 1 fully saturated rings. The number of H-pyrrole nitrogens is 1. The van der Waals surface area contributed by atoms with Crippen LogP contribution >= 0.6 is 0 Å². The number of nitrogens with zero attached hydrogens (tertiary/aromatic N) is 3. The van der Waals surface area contributed by atoms with Gasteiger partial charge in [-0.1, -0.05) is 0 Å². The number of amides is 1. The fraction of sp³-hybridized carbons (Fsp3) is 0.529. The molecule has 0 spiro atoms. The molecule has 0 radical (unpaired) electrons. The molecule has 0 bridgehead atoms. The van der Waals surface area contributed by atoms with Crippen LogP contribution in [0.3, 0.4) is 0 Å². The summed E-state index contributed by atoms with van der Waals surface area (Å²) >= 11 is 0.